The van der Waals surface area contributed by atoms with Gasteiger partial charge in [0.15, 0.2) is 0 Å². The molecule has 0 bridgehead atoms. The first-order chi connectivity index (χ1) is 8.88. The predicted molar refractivity (Wildman–Crippen MR) is 76.8 cm³/mol. The van der Waals surface area contributed by atoms with E-state index in [1.165, 1.54) is 0 Å². The second-order valence-electron chi connectivity index (χ2n) is 5.69. The van der Waals surface area contributed by atoms with E-state index in [2.05, 4.69) is 36.4 Å². The van der Waals surface area contributed by atoms with Crippen LogP contribution in [0.1, 0.15) is 20.8 Å². The fraction of sp³-hybridized carbons (Fsp3) is 0.357. The molecule has 19 heavy (non-hydrogen) atoms. The molecule has 100 valence electrons. The molecule has 0 atom stereocenters. The minimum atomic E-state index is -0.486. The summed E-state index contributed by atoms with van der Waals surface area (Å²) in [5, 5.41) is 5.97. The Balaban J connectivity index is 2.16. The first kappa shape index (κ1) is 13.3. The van der Waals surface area contributed by atoms with Crippen LogP contribution in [0.3, 0.4) is 0 Å². The van der Waals surface area contributed by atoms with Crippen molar-refractivity contribution in [3.8, 4) is 0 Å². The standard InChI is InChI=1S/C14H17N3O2/c1-14(2,3)8-16-10-11(13(19)12(10)18)17-9-5-4-6-15-7-9/h4-7,16-17H,8H2,1-3H3. The van der Waals surface area contributed by atoms with Gasteiger partial charge in [0, 0.05) is 12.7 Å². The highest BCUT2D eigenvalue weighted by molar-refractivity contribution is 5.78. The third-order valence-electron chi connectivity index (χ3n) is 2.64. The maximum Gasteiger partial charge on any atom is 0.253 e. The topological polar surface area (TPSA) is 71.1 Å². The Morgan fingerprint density at radius 2 is 1.84 bits per heavy atom. The van der Waals surface area contributed by atoms with Gasteiger partial charge in [0.25, 0.3) is 10.9 Å². The Bertz CT molecular complexity index is 635. The van der Waals surface area contributed by atoms with Gasteiger partial charge in [-0.2, -0.15) is 0 Å². The highest BCUT2D eigenvalue weighted by Crippen LogP contribution is 2.21. The molecule has 2 N–H and O–H groups in total. The maximum atomic E-state index is 11.6. The molecule has 0 fully saturated rings. The molecule has 2 aromatic rings. The van der Waals surface area contributed by atoms with Gasteiger partial charge in [-0.1, -0.05) is 20.8 Å². The summed E-state index contributed by atoms with van der Waals surface area (Å²) in [5.41, 5.74) is 0.459. The van der Waals surface area contributed by atoms with Crippen molar-refractivity contribution < 1.29 is 0 Å². The average Bonchev–Trinajstić information content (AvgIpc) is 2.37. The van der Waals surface area contributed by atoms with Crippen LogP contribution in [0.5, 0.6) is 0 Å². The largest absolute Gasteiger partial charge is 0.379 e. The average molecular weight is 259 g/mol. The van der Waals surface area contributed by atoms with Gasteiger partial charge in [-0.25, -0.2) is 0 Å². The monoisotopic (exact) mass is 259 g/mol. The molecule has 1 aromatic carbocycles. The molecule has 2 rings (SSSR count). The van der Waals surface area contributed by atoms with E-state index in [9.17, 15) is 9.59 Å². The number of pyridine rings is 1. The molecule has 0 saturated carbocycles. The van der Waals surface area contributed by atoms with E-state index in [1.807, 2.05) is 0 Å². The summed E-state index contributed by atoms with van der Waals surface area (Å²) in [6.45, 7) is 6.79. The van der Waals surface area contributed by atoms with Gasteiger partial charge >= 0.3 is 0 Å². The summed E-state index contributed by atoms with van der Waals surface area (Å²) in [4.78, 5) is 27.1. The number of nitrogens with one attached hydrogen (secondary N) is 2. The Hall–Kier alpha value is -2.17. The van der Waals surface area contributed by atoms with E-state index in [4.69, 9.17) is 0 Å². The zero-order chi connectivity index (χ0) is 14.0. The van der Waals surface area contributed by atoms with Gasteiger partial charge in [-0.3, -0.25) is 14.6 Å². The van der Waals surface area contributed by atoms with Crippen LogP contribution in [0.25, 0.3) is 0 Å². The van der Waals surface area contributed by atoms with Crippen LogP contribution >= 0.6 is 0 Å². The van der Waals surface area contributed by atoms with Crippen LogP contribution in [-0.4, -0.2) is 11.5 Å². The van der Waals surface area contributed by atoms with Crippen LogP contribution in [0.4, 0.5) is 17.1 Å². The zero-order valence-corrected chi connectivity index (χ0v) is 11.3. The quantitative estimate of drug-likeness (QED) is 0.820. The molecular weight excluding hydrogens is 242 g/mol. The highest BCUT2D eigenvalue weighted by atomic mass is 16.2. The van der Waals surface area contributed by atoms with Gasteiger partial charge in [-0.05, 0) is 17.5 Å². The van der Waals surface area contributed by atoms with Crippen molar-refractivity contribution in [2.75, 3.05) is 17.2 Å². The van der Waals surface area contributed by atoms with E-state index < -0.39 is 10.9 Å². The molecule has 0 aliphatic rings. The lowest BCUT2D eigenvalue weighted by atomic mass is 9.96. The molecular formula is C14H17N3O2. The first-order valence-electron chi connectivity index (χ1n) is 6.13. The number of hydrogen-bond acceptors (Lipinski definition) is 5. The SMILES string of the molecule is CC(C)(C)CNc1c(Nc2cccnc2)c(=O)c1=O. The van der Waals surface area contributed by atoms with Crippen LogP contribution < -0.4 is 21.5 Å². The molecule has 1 aromatic heterocycles. The third kappa shape index (κ3) is 2.99. The smallest absolute Gasteiger partial charge is 0.253 e. The number of rotatable bonds is 4. The molecule has 0 spiro atoms. The predicted octanol–water partition coefficient (Wildman–Crippen LogP) is 1.88. The minimum absolute atomic E-state index is 0.0331. The van der Waals surface area contributed by atoms with Crippen molar-refractivity contribution in [2.24, 2.45) is 5.41 Å². The summed E-state index contributed by atoms with van der Waals surface area (Å²) in [6.07, 6.45) is 3.25. The summed E-state index contributed by atoms with van der Waals surface area (Å²) in [5.74, 6) is 0. The summed E-state index contributed by atoms with van der Waals surface area (Å²) < 4.78 is 0. The lowest BCUT2D eigenvalue weighted by Crippen LogP contribution is -2.38. The van der Waals surface area contributed by atoms with E-state index in [-0.39, 0.29) is 5.41 Å². The van der Waals surface area contributed by atoms with Gasteiger partial charge in [-0.15, -0.1) is 0 Å². The molecule has 0 aliphatic carbocycles. The van der Waals surface area contributed by atoms with Crippen molar-refractivity contribution in [1.82, 2.24) is 4.98 Å². The number of aromatic nitrogens is 1. The van der Waals surface area contributed by atoms with Crippen LogP contribution in [0.15, 0.2) is 34.1 Å². The Morgan fingerprint density at radius 1 is 1.16 bits per heavy atom. The third-order valence-corrected chi connectivity index (χ3v) is 2.64. The number of hydrogen-bond donors (Lipinski definition) is 2. The minimum Gasteiger partial charge on any atom is -0.379 e. The van der Waals surface area contributed by atoms with Crippen LogP contribution in [-0.2, 0) is 0 Å². The van der Waals surface area contributed by atoms with Crippen molar-refractivity contribution in [2.45, 2.75) is 20.8 Å². The van der Waals surface area contributed by atoms with E-state index >= 15 is 0 Å². The molecule has 1 heterocycles. The fourth-order valence-corrected chi connectivity index (χ4v) is 1.61. The summed E-state index contributed by atoms with van der Waals surface area (Å²) >= 11 is 0. The summed E-state index contributed by atoms with van der Waals surface area (Å²) in [6, 6.07) is 3.55. The summed E-state index contributed by atoms with van der Waals surface area (Å²) in [7, 11) is 0. The first-order valence-corrected chi connectivity index (χ1v) is 6.13. The van der Waals surface area contributed by atoms with Crippen molar-refractivity contribution in [3.05, 3.63) is 45.0 Å². The van der Waals surface area contributed by atoms with Crippen molar-refractivity contribution >= 4 is 17.1 Å². The molecule has 0 radical (unpaired) electrons. The van der Waals surface area contributed by atoms with Crippen LogP contribution in [0.2, 0.25) is 0 Å². The van der Waals surface area contributed by atoms with Gasteiger partial charge in [0.2, 0.25) is 0 Å². The van der Waals surface area contributed by atoms with Crippen molar-refractivity contribution in [3.63, 3.8) is 0 Å². The second-order valence-corrected chi connectivity index (χ2v) is 5.69. The zero-order valence-electron chi connectivity index (χ0n) is 11.3. The second kappa shape index (κ2) is 4.84. The number of nitrogens with zero attached hydrogens (tertiary/aromatic N) is 1. The Kier molecular flexibility index (Phi) is 3.38. The number of anilines is 3. The molecule has 5 nitrogen and oxygen atoms in total. The van der Waals surface area contributed by atoms with E-state index in [0.29, 0.717) is 23.6 Å². The van der Waals surface area contributed by atoms with Crippen molar-refractivity contribution in [1.29, 1.82) is 0 Å². The van der Waals surface area contributed by atoms with Gasteiger partial charge < -0.3 is 10.6 Å². The molecule has 0 unspecified atom stereocenters. The lowest BCUT2D eigenvalue weighted by Gasteiger charge is -2.21. The molecule has 0 aliphatic heterocycles. The highest BCUT2D eigenvalue weighted by Gasteiger charge is 2.22. The van der Waals surface area contributed by atoms with E-state index in [1.54, 1.807) is 24.5 Å². The molecule has 0 amide bonds. The van der Waals surface area contributed by atoms with Crippen LogP contribution in [0, 0.1) is 5.41 Å². The Morgan fingerprint density at radius 3 is 2.42 bits per heavy atom. The van der Waals surface area contributed by atoms with Gasteiger partial charge in [0.05, 0.1) is 11.9 Å². The molecule has 0 saturated heterocycles. The van der Waals surface area contributed by atoms with E-state index in [0.717, 1.165) is 0 Å². The lowest BCUT2D eigenvalue weighted by molar-refractivity contribution is 0.443. The van der Waals surface area contributed by atoms with Gasteiger partial charge in [0.1, 0.15) is 11.4 Å². The normalized spacial score (nSPS) is 11.5. The fourth-order valence-electron chi connectivity index (χ4n) is 1.61. The maximum absolute atomic E-state index is 11.6. The molecule has 5 heteroatoms. The Labute approximate surface area is 111 Å².